The van der Waals surface area contributed by atoms with E-state index in [1.165, 1.54) is 0 Å². The van der Waals surface area contributed by atoms with Gasteiger partial charge in [-0.15, -0.1) is 0 Å². The second kappa shape index (κ2) is 5.81. The van der Waals surface area contributed by atoms with Crippen molar-refractivity contribution in [2.24, 2.45) is 0 Å². The summed E-state index contributed by atoms with van der Waals surface area (Å²) in [4.78, 5) is 12.2. The fourth-order valence-corrected chi connectivity index (χ4v) is 0.580. The molecule has 1 aromatic heterocycles. The van der Waals surface area contributed by atoms with Gasteiger partial charge >= 0.3 is 52.9 Å². The van der Waals surface area contributed by atoms with Crippen LogP contribution in [0.4, 0.5) is 0 Å². The molecule has 1 rings (SSSR count). The molecule has 0 aromatic carbocycles. The Bertz CT molecular complexity index is 151. The first-order valence-corrected chi connectivity index (χ1v) is 3.25. The number of nitrogens with zero attached hydrogens (tertiary/aromatic N) is 1. The first kappa shape index (κ1) is 8.68. The van der Waals surface area contributed by atoms with Gasteiger partial charge in [0.05, 0.1) is 0 Å². The van der Waals surface area contributed by atoms with Crippen LogP contribution >= 0.6 is 0 Å². The summed E-state index contributed by atoms with van der Waals surface area (Å²) in [5, 5.41) is 6.89. The van der Waals surface area contributed by atoms with Crippen LogP contribution in [-0.2, 0) is 4.79 Å². The van der Waals surface area contributed by atoms with Crippen LogP contribution in [-0.4, -0.2) is 44.5 Å². The van der Waals surface area contributed by atoms with E-state index < -0.39 is 0 Å². The molecule has 1 N–H and O–H groups in total. The van der Waals surface area contributed by atoms with E-state index in [0.717, 1.165) is 31.1 Å². The summed E-state index contributed by atoms with van der Waals surface area (Å²) in [6.07, 6.45) is 3.24. The second-order valence-corrected chi connectivity index (χ2v) is 2.01. The fourth-order valence-electron chi connectivity index (χ4n) is 0.295. The third-order valence-electron chi connectivity index (χ3n) is 0.556. The summed E-state index contributed by atoms with van der Waals surface area (Å²) >= 11 is 0.918. The Labute approximate surface area is 69.3 Å². The molecule has 0 unspecified atom stereocenters. The van der Waals surface area contributed by atoms with E-state index >= 15 is 0 Å². The van der Waals surface area contributed by atoms with Crippen molar-refractivity contribution < 1.29 is 14.3 Å². The molecule has 0 saturated carbocycles. The van der Waals surface area contributed by atoms with Gasteiger partial charge in [-0.2, -0.15) is 0 Å². The molecule has 0 aliphatic carbocycles. The zero-order valence-electron chi connectivity index (χ0n) is 4.94. The quantitative estimate of drug-likeness (QED) is 0.374. The van der Waals surface area contributed by atoms with Crippen molar-refractivity contribution in [3.05, 3.63) is 12.5 Å². The van der Waals surface area contributed by atoms with E-state index in [9.17, 15) is 0 Å². The van der Waals surface area contributed by atoms with Crippen molar-refractivity contribution in [2.75, 3.05) is 0 Å². The summed E-state index contributed by atoms with van der Waals surface area (Å²) in [6.45, 7) is -0.250. The molecular weight excluding hydrogens is 133 g/mol. The predicted octanol–water partition coefficient (Wildman–Crippen LogP) is -0.831. The molecule has 0 saturated heterocycles. The summed E-state index contributed by atoms with van der Waals surface area (Å²) in [5.74, 6) is 0. The van der Waals surface area contributed by atoms with Crippen LogP contribution in [0.15, 0.2) is 16.9 Å². The molecule has 5 heteroatoms. The van der Waals surface area contributed by atoms with Crippen LogP contribution in [0.25, 0.3) is 0 Å². The van der Waals surface area contributed by atoms with E-state index in [1.807, 2.05) is 0 Å². The van der Waals surface area contributed by atoms with Crippen molar-refractivity contribution in [1.29, 1.82) is 0 Å². The topological polar surface area (TPSA) is 63.3 Å². The molecule has 0 atom stereocenters. The van der Waals surface area contributed by atoms with Crippen molar-refractivity contribution >= 4 is 37.5 Å². The zero-order chi connectivity index (χ0) is 7.11. The minimum absolute atomic E-state index is 0.250. The molecule has 0 amide bonds. The number of aromatic nitrogens is 1. The normalized spacial score (nSPS) is 7.33. The van der Waals surface area contributed by atoms with Crippen molar-refractivity contribution in [3.8, 4) is 0 Å². The summed E-state index contributed by atoms with van der Waals surface area (Å²) in [7, 11) is 0. The van der Waals surface area contributed by atoms with E-state index in [2.05, 4.69) is 4.98 Å². The van der Waals surface area contributed by atoms with E-state index in [-0.39, 0.29) is 6.47 Å². The van der Waals surface area contributed by atoms with E-state index in [0.29, 0.717) is 0 Å². The van der Waals surface area contributed by atoms with Crippen molar-refractivity contribution in [1.82, 2.24) is 4.98 Å². The van der Waals surface area contributed by atoms with Crippen LogP contribution in [0, 0.1) is 0 Å². The molecule has 0 aliphatic rings. The summed E-state index contributed by atoms with van der Waals surface area (Å²) in [5.41, 5.74) is 0. The number of rotatable bonds is 0. The van der Waals surface area contributed by atoms with Gasteiger partial charge in [-0.25, -0.2) is 0 Å². The molecule has 4 nitrogen and oxygen atoms in total. The maximum absolute atomic E-state index is 8.36. The monoisotopic (exact) mass is 137 g/mol. The Morgan fingerprint density at radius 2 is 2.44 bits per heavy atom. The van der Waals surface area contributed by atoms with Crippen LogP contribution in [0.1, 0.15) is 0 Å². The summed E-state index contributed by atoms with van der Waals surface area (Å²) in [6, 6.07) is 0. The average molecular weight is 137 g/mol. The number of oxazole rings is 1. The van der Waals surface area contributed by atoms with Gasteiger partial charge < -0.3 is 5.11 Å². The molecule has 9 heavy (non-hydrogen) atoms. The maximum atomic E-state index is 8.36. The number of carboxylic acid groups (broad SMARTS) is 1. The molecule has 1 aromatic rings. The predicted molar refractivity (Wildman–Crippen MR) is 30.6 cm³/mol. The molecule has 44 valence electrons. The first-order chi connectivity index (χ1) is 4.31. The second-order valence-electron chi connectivity index (χ2n) is 1.16. The third-order valence-corrected chi connectivity index (χ3v) is 1.05. The van der Waals surface area contributed by atoms with E-state index in [1.54, 1.807) is 12.5 Å². The van der Waals surface area contributed by atoms with Crippen LogP contribution in [0.3, 0.4) is 0 Å². The van der Waals surface area contributed by atoms with Gasteiger partial charge in [-0.3, -0.25) is 4.79 Å². The standard InChI is InChI=1S/C3H2NO.CH2O2.Na/c1-2-5-3-4-1;2-1-3;/h1-2H;1H,(H,2,3);. The van der Waals surface area contributed by atoms with Gasteiger partial charge in [0.15, 0.2) is 0 Å². The Morgan fingerprint density at radius 3 is 2.56 bits per heavy atom. The van der Waals surface area contributed by atoms with Gasteiger partial charge in [0.25, 0.3) is 6.47 Å². The number of hydrogen-bond donors (Lipinski definition) is 1. The van der Waals surface area contributed by atoms with Crippen LogP contribution in [0.5, 0.6) is 0 Å². The molecule has 0 aliphatic heterocycles. The van der Waals surface area contributed by atoms with E-state index in [4.69, 9.17) is 14.3 Å². The molecule has 1 heterocycles. The summed E-state index contributed by atoms with van der Waals surface area (Å²) < 4.78 is 5.64. The average Bonchev–Trinajstić information content (AvgIpc) is 2.20. The van der Waals surface area contributed by atoms with Gasteiger partial charge in [-0.05, 0) is 0 Å². The number of carbonyl (C=O) groups is 1. The van der Waals surface area contributed by atoms with Crippen molar-refractivity contribution in [3.63, 3.8) is 0 Å². The Kier molecular flexibility index (Phi) is 5.60. The van der Waals surface area contributed by atoms with Crippen molar-refractivity contribution in [2.45, 2.75) is 0 Å². The Morgan fingerprint density at radius 1 is 1.89 bits per heavy atom. The Hall–Kier alpha value is -0.320. The van der Waals surface area contributed by atoms with Crippen LogP contribution < -0.4 is 3.14 Å². The molecule has 0 spiro atoms. The number of hydrogen-bond acceptors (Lipinski definition) is 3. The zero-order valence-corrected chi connectivity index (χ0v) is 6.94. The first-order valence-electron chi connectivity index (χ1n) is 2.25. The SMILES string of the molecule is O=CO.[Na][c]1ncco1. The third kappa shape index (κ3) is 5.55. The fraction of sp³-hybridized carbons (Fsp3) is 0. The van der Waals surface area contributed by atoms with Gasteiger partial charge in [0.2, 0.25) is 0 Å². The van der Waals surface area contributed by atoms with Crippen LogP contribution in [0.2, 0.25) is 0 Å². The molecule has 0 radical (unpaired) electrons. The molecular formula is C4H4NNaO3. The van der Waals surface area contributed by atoms with Gasteiger partial charge in [0, 0.05) is 0 Å². The Balaban J connectivity index is 0.000000187. The molecule has 0 bridgehead atoms. The molecule has 0 fully saturated rings. The van der Waals surface area contributed by atoms with Gasteiger partial charge in [0.1, 0.15) is 0 Å². The minimum atomic E-state index is -0.250. The van der Waals surface area contributed by atoms with Gasteiger partial charge in [-0.1, -0.05) is 0 Å².